The van der Waals surface area contributed by atoms with Crippen LogP contribution in [-0.2, 0) is 4.79 Å². The van der Waals surface area contributed by atoms with E-state index >= 15 is 0 Å². The van der Waals surface area contributed by atoms with Gasteiger partial charge in [0.15, 0.2) is 0 Å². The zero-order valence-corrected chi connectivity index (χ0v) is 10.6. The first-order valence-electron chi connectivity index (χ1n) is 6.44. The maximum Gasteiger partial charge on any atom is 0.242 e. The van der Waals surface area contributed by atoms with Crippen LogP contribution < -0.4 is 16.4 Å². The number of aromatic nitrogens is 1. The summed E-state index contributed by atoms with van der Waals surface area (Å²) in [5.74, 6) is 0.313. The summed E-state index contributed by atoms with van der Waals surface area (Å²) in [6, 6.07) is 3.76. The lowest BCUT2D eigenvalue weighted by Crippen LogP contribution is -2.32. The molecule has 4 N–H and O–H groups in total. The van der Waals surface area contributed by atoms with Gasteiger partial charge in [0.1, 0.15) is 5.82 Å². The van der Waals surface area contributed by atoms with Gasteiger partial charge >= 0.3 is 0 Å². The minimum absolute atomic E-state index is 0.223. The van der Waals surface area contributed by atoms with Crippen molar-refractivity contribution in [1.29, 1.82) is 0 Å². The van der Waals surface area contributed by atoms with Crippen LogP contribution in [0.25, 0.3) is 0 Å². The normalized spacial score (nSPS) is 17.4. The summed E-state index contributed by atoms with van der Waals surface area (Å²) in [5.41, 5.74) is 6.47. The maximum absolute atomic E-state index is 11.4. The fourth-order valence-corrected chi connectivity index (χ4v) is 2.10. The Balaban J connectivity index is 1.90. The third-order valence-electron chi connectivity index (χ3n) is 3.15. The first-order valence-corrected chi connectivity index (χ1v) is 6.44. The molecule has 0 aromatic carbocycles. The third kappa shape index (κ3) is 3.43. The van der Waals surface area contributed by atoms with Gasteiger partial charge in [0.2, 0.25) is 5.91 Å². The molecule has 2 rings (SSSR count). The molecule has 0 aliphatic heterocycles. The Morgan fingerprint density at radius 3 is 2.72 bits per heavy atom. The van der Waals surface area contributed by atoms with Crippen LogP contribution in [0.3, 0.4) is 0 Å². The molecule has 5 heteroatoms. The summed E-state index contributed by atoms with van der Waals surface area (Å²) in [6.07, 6.45) is 6.79. The predicted octanol–water partition coefficient (Wildman–Crippen LogP) is 1.72. The van der Waals surface area contributed by atoms with Crippen LogP contribution in [0.15, 0.2) is 18.3 Å². The van der Waals surface area contributed by atoms with Gasteiger partial charge < -0.3 is 16.4 Å². The lowest BCUT2D eigenvalue weighted by atomic mass is 10.2. The molecular formula is C13H20N4O. The summed E-state index contributed by atoms with van der Waals surface area (Å²) in [4.78, 5) is 15.6. The Bertz CT molecular complexity index is 396. The van der Waals surface area contributed by atoms with E-state index in [1.54, 1.807) is 19.2 Å². The number of carbonyl (C=O) groups is 1. The molecule has 1 aromatic rings. The Morgan fingerprint density at radius 1 is 1.44 bits per heavy atom. The van der Waals surface area contributed by atoms with Gasteiger partial charge in [-0.1, -0.05) is 12.8 Å². The summed E-state index contributed by atoms with van der Waals surface area (Å²) >= 11 is 0. The number of pyridine rings is 1. The Labute approximate surface area is 107 Å². The van der Waals surface area contributed by atoms with Crippen molar-refractivity contribution in [1.82, 2.24) is 4.98 Å². The van der Waals surface area contributed by atoms with Gasteiger partial charge in [-0.3, -0.25) is 4.79 Å². The molecule has 0 bridgehead atoms. The molecule has 1 aliphatic rings. The van der Waals surface area contributed by atoms with Crippen molar-refractivity contribution in [2.45, 2.75) is 44.7 Å². The predicted molar refractivity (Wildman–Crippen MR) is 72.4 cm³/mol. The molecule has 1 fully saturated rings. The van der Waals surface area contributed by atoms with E-state index in [0.29, 0.717) is 11.9 Å². The highest BCUT2D eigenvalue weighted by molar-refractivity contribution is 5.93. The smallest absolute Gasteiger partial charge is 0.242 e. The van der Waals surface area contributed by atoms with Gasteiger partial charge in [-0.05, 0) is 31.9 Å². The second-order valence-corrected chi connectivity index (χ2v) is 4.84. The minimum atomic E-state index is -0.525. The highest BCUT2D eigenvalue weighted by atomic mass is 16.2. The van der Waals surface area contributed by atoms with E-state index in [2.05, 4.69) is 15.6 Å². The standard InChI is InChI=1S/C13H20N4O/c1-9(14)13(18)17-12-7-6-11(8-15-12)16-10-4-2-3-5-10/h6-10,16H,2-5,14H2,1H3,(H,15,17,18). The Morgan fingerprint density at radius 2 is 2.17 bits per heavy atom. The van der Waals surface area contributed by atoms with E-state index < -0.39 is 6.04 Å². The highest BCUT2D eigenvalue weighted by Gasteiger charge is 2.14. The number of nitrogens with one attached hydrogen (secondary N) is 2. The minimum Gasteiger partial charge on any atom is -0.381 e. The molecule has 1 atom stereocenters. The number of anilines is 2. The molecule has 0 saturated heterocycles. The zero-order chi connectivity index (χ0) is 13.0. The van der Waals surface area contributed by atoms with E-state index in [1.165, 1.54) is 25.7 Å². The summed E-state index contributed by atoms with van der Waals surface area (Å²) in [7, 11) is 0. The number of carbonyl (C=O) groups excluding carboxylic acids is 1. The SMILES string of the molecule is CC(N)C(=O)Nc1ccc(NC2CCCC2)cn1. The Kier molecular flexibility index (Phi) is 4.15. The zero-order valence-electron chi connectivity index (χ0n) is 10.6. The van der Waals surface area contributed by atoms with Crippen LogP contribution in [0.4, 0.5) is 11.5 Å². The second kappa shape index (κ2) is 5.82. The number of amides is 1. The quantitative estimate of drug-likeness (QED) is 0.758. The number of nitrogens with zero attached hydrogens (tertiary/aromatic N) is 1. The number of nitrogens with two attached hydrogens (primary N) is 1. The molecule has 1 aliphatic carbocycles. The molecule has 98 valence electrons. The number of hydrogen-bond acceptors (Lipinski definition) is 4. The van der Waals surface area contributed by atoms with E-state index in [1.807, 2.05) is 6.07 Å². The molecule has 0 radical (unpaired) electrons. The molecule has 1 unspecified atom stereocenters. The largest absolute Gasteiger partial charge is 0.381 e. The lowest BCUT2D eigenvalue weighted by Gasteiger charge is -2.13. The van der Waals surface area contributed by atoms with Crippen molar-refractivity contribution in [2.75, 3.05) is 10.6 Å². The van der Waals surface area contributed by atoms with E-state index in [0.717, 1.165) is 5.69 Å². The van der Waals surface area contributed by atoms with Crippen molar-refractivity contribution < 1.29 is 4.79 Å². The molecule has 1 amide bonds. The van der Waals surface area contributed by atoms with Gasteiger partial charge in [-0.15, -0.1) is 0 Å². The second-order valence-electron chi connectivity index (χ2n) is 4.84. The van der Waals surface area contributed by atoms with Crippen molar-refractivity contribution in [3.63, 3.8) is 0 Å². The van der Waals surface area contributed by atoms with Crippen molar-refractivity contribution in [3.8, 4) is 0 Å². The lowest BCUT2D eigenvalue weighted by molar-refractivity contribution is -0.117. The van der Waals surface area contributed by atoms with Crippen LogP contribution in [0.1, 0.15) is 32.6 Å². The van der Waals surface area contributed by atoms with Crippen molar-refractivity contribution >= 4 is 17.4 Å². The first kappa shape index (κ1) is 12.8. The highest BCUT2D eigenvalue weighted by Crippen LogP contribution is 2.22. The van der Waals surface area contributed by atoms with Crippen LogP contribution in [0.2, 0.25) is 0 Å². The van der Waals surface area contributed by atoms with Gasteiger partial charge in [0.05, 0.1) is 17.9 Å². The Hall–Kier alpha value is -1.62. The fraction of sp³-hybridized carbons (Fsp3) is 0.538. The number of rotatable bonds is 4. The van der Waals surface area contributed by atoms with Crippen LogP contribution in [-0.4, -0.2) is 23.0 Å². The topological polar surface area (TPSA) is 80.0 Å². The average molecular weight is 248 g/mol. The van der Waals surface area contributed by atoms with Crippen LogP contribution >= 0.6 is 0 Å². The van der Waals surface area contributed by atoms with E-state index in [4.69, 9.17) is 5.73 Å². The van der Waals surface area contributed by atoms with Crippen LogP contribution in [0, 0.1) is 0 Å². The molecule has 18 heavy (non-hydrogen) atoms. The monoisotopic (exact) mass is 248 g/mol. The molecule has 1 heterocycles. The average Bonchev–Trinajstić information content (AvgIpc) is 2.84. The van der Waals surface area contributed by atoms with Crippen molar-refractivity contribution in [3.05, 3.63) is 18.3 Å². The van der Waals surface area contributed by atoms with Gasteiger partial charge in [0.25, 0.3) is 0 Å². The molecule has 5 nitrogen and oxygen atoms in total. The van der Waals surface area contributed by atoms with Gasteiger partial charge in [-0.2, -0.15) is 0 Å². The summed E-state index contributed by atoms with van der Waals surface area (Å²) < 4.78 is 0. The van der Waals surface area contributed by atoms with Crippen LogP contribution in [0.5, 0.6) is 0 Å². The fourth-order valence-electron chi connectivity index (χ4n) is 2.10. The third-order valence-corrected chi connectivity index (χ3v) is 3.15. The van der Waals surface area contributed by atoms with Gasteiger partial charge in [-0.25, -0.2) is 4.98 Å². The molecule has 1 aromatic heterocycles. The number of hydrogen-bond donors (Lipinski definition) is 3. The summed E-state index contributed by atoms with van der Waals surface area (Å²) in [6.45, 7) is 1.64. The van der Waals surface area contributed by atoms with Crippen molar-refractivity contribution in [2.24, 2.45) is 5.73 Å². The van der Waals surface area contributed by atoms with E-state index in [9.17, 15) is 4.79 Å². The molecule has 1 saturated carbocycles. The molecular weight excluding hydrogens is 228 g/mol. The summed E-state index contributed by atoms with van der Waals surface area (Å²) in [5, 5.41) is 6.10. The molecule has 0 spiro atoms. The van der Waals surface area contributed by atoms with Gasteiger partial charge in [0, 0.05) is 6.04 Å². The first-order chi connectivity index (χ1) is 8.65. The maximum atomic E-state index is 11.4. The van der Waals surface area contributed by atoms with E-state index in [-0.39, 0.29) is 5.91 Å².